The van der Waals surface area contributed by atoms with E-state index in [1.807, 2.05) is 18.2 Å². The molecule has 1 aromatic rings. The fraction of sp³-hybridized carbons (Fsp3) is 0.100. The van der Waals surface area contributed by atoms with Crippen LogP contribution in [0.3, 0.4) is 0 Å². The van der Waals surface area contributed by atoms with Gasteiger partial charge in [-0.25, -0.2) is 0 Å². The molecule has 1 spiro atoms. The first kappa shape index (κ1) is 12.7. The Morgan fingerprint density at radius 3 is 2.30 bits per heavy atom. The molecule has 0 aliphatic heterocycles. The van der Waals surface area contributed by atoms with Gasteiger partial charge >= 0.3 is 0 Å². The van der Waals surface area contributed by atoms with Gasteiger partial charge in [-0.05, 0) is 40.3 Å². The molecule has 20 heavy (non-hydrogen) atoms. The molecule has 0 saturated carbocycles. The Labute approximate surface area is 120 Å². The number of fused-ring (bicyclic) bond motifs is 2. The molecule has 98 valence electrons. The van der Waals surface area contributed by atoms with Crippen LogP contribution in [-0.4, -0.2) is 0 Å². The maximum absolute atomic E-state index is 4.04. The first-order valence-corrected chi connectivity index (χ1v) is 6.83. The summed E-state index contributed by atoms with van der Waals surface area (Å²) in [6.45, 7) is 14.2. The van der Waals surface area contributed by atoms with E-state index < -0.39 is 0 Å². The molecule has 0 heterocycles. The van der Waals surface area contributed by atoms with Gasteiger partial charge < -0.3 is 0 Å². The van der Waals surface area contributed by atoms with Crippen LogP contribution in [-0.2, 0) is 5.41 Å². The van der Waals surface area contributed by atoms with Crippen molar-refractivity contribution in [2.75, 3.05) is 0 Å². The van der Waals surface area contributed by atoms with E-state index in [0.717, 1.165) is 5.57 Å². The Balaban J connectivity index is 2.41. The van der Waals surface area contributed by atoms with Crippen LogP contribution in [0.1, 0.15) is 18.1 Å². The van der Waals surface area contributed by atoms with E-state index in [1.54, 1.807) is 0 Å². The van der Waals surface area contributed by atoms with Gasteiger partial charge in [-0.1, -0.05) is 74.4 Å². The summed E-state index contributed by atoms with van der Waals surface area (Å²) in [5, 5.41) is 0. The second-order valence-corrected chi connectivity index (χ2v) is 5.21. The number of rotatable bonds is 3. The van der Waals surface area contributed by atoms with Crippen molar-refractivity contribution in [3.8, 4) is 0 Å². The Bertz CT molecular complexity index is 722. The summed E-state index contributed by atoms with van der Waals surface area (Å²) in [6, 6.07) is 8.54. The van der Waals surface area contributed by atoms with Crippen LogP contribution >= 0.6 is 0 Å². The largest absolute Gasteiger partial charge is 0.0987 e. The average molecular weight is 258 g/mol. The Kier molecular flexibility index (Phi) is 2.76. The van der Waals surface area contributed by atoms with Gasteiger partial charge in [-0.2, -0.15) is 0 Å². The zero-order chi connectivity index (χ0) is 14.3. The lowest BCUT2D eigenvalue weighted by atomic mass is 9.73. The molecule has 0 radical (unpaired) electrons. The molecular formula is C20H18. The minimum absolute atomic E-state index is 0.189. The Morgan fingerprint density at radius 2 is 1.65 bits per heavy atom. The van der Waals surface area contributed by atoms with Crippen LogP contribution < -0.4 is 0 Å². The third-order valence-electron chi connectivity index (χ3n) is 4.51. The maximum atomic E-state index is 4.04. The monoisotopic (exact) mass is 258 g/mol. The Hall–Kier alpha value is -2.34. The lowest BCUT2D eigenvalue weighted by molar-refractivity contribution is 0.785. The summed E-state index contributed by atoms with van der Waals surface area (Å²) >= 11 is 0. The zero-order valence-corrected chi connectivity index (χ0v) is 11.8. The number of benzene rings is 1. The number of allylic oxidation sites excluding steroid dienone is 8. The number of hydrogen-bond donors (Lipinski definition) is 0. The molecule has 0 N–H and O–H groups in total. The van der Waals surface area contributed by atoms with Crippen molar-refractivity contribution in [3.05, 3.63) is 102 Å². The van der Waals surface area contributed by atoms with Gasteiger partial charge in [0, 0.05) is 0 Å². The molecular weight excluding hydrogens is 240 g/mol. The molecule has 2 aliphatic carbocycles. The quantitative estimate of drug-likeness (QED) is 0.704. The van der Waals surface area contributed by atoms with Crippen molar-refractivity contribution < 1.29 is 0 Å². The van der Waals surface area contributed by atoms with Crippen LogP contribution in [0, 0.1) is 0 Å². The molecule has 1 aromatic carbocycles. The molecule has 0 nitrogen and oxygen atoms in total. The summed E-state index contributed by atoms with van der Waals surface area (Å²) in [5.74, 6) is 0. The SMILES string of the molecule is C=CC1=C(C)C2(C=Cc3ccccc32)C(C=C)=C1C=C. The van der Waals surface area contributed by atoms with Gasteiger partial charge in [0.25, 0.3) is 0 Å². The van der Waals surface area contributed by atoms with E-state index in [4.69, 9.17) is 0 Å². The minimum Gasteiger partial charge on any atom is -0.0987 e. The topological polar surface area (TPSA) is 0 Å². The molecule has 0 saturated heterocycles. The van der Waals surface area contributed by atoms with Crippen molar-refractivity contribution in [3.63, 3.8) is 0 Å². The minimum atomic E-state index is -0.189. The fourth-order valence-corrected chi connectivity index (χ4v) is 3.60. The predicted octanol–water partition coefficient (Wildman–Crippen LogP) is 5.14. The summed E-state index contributed by atoms with van der Waals surface area (Å²) in [4.78, 5) is 0. The lowest BCUT2D eigenvalue weighted by Gasteiger charge is -2.29. The van der Waals surface area contributed by atoms with Gasteiger partial charge in [0.1, 0.15) is 0 Å². The standard InChI is InChI=1S/C20H18/c1-5-16-14(4)20(18(7-3)17(16)6-2)13-12-15-10-8-9-11-19(15)20/h5-13H,1-3H2,4H3. The van der Waals surface area contributed by atoms with E-state index in [-0.39, 0.29) is 5.41 Å². The molecule has 3 rings (SSSR count). The highest BCUT2D eigenvalue weighted by atomic mass is 14.5. The van der Waals surface area contributed by atoms with E-state index in [1.165, 1.54) is 27.8 Å². The molecule has 0 heteroatoms. The van der Waals surface area contributed by atoms with E-state index in [9.17, 15) is 0 Å². The first-order valence-electron chi connectivity index (χ1n) is 6.83. The van der Waals surface area contributed by atoms with Gasteiger partial charge in [-0.15, -0.1) is 0 Å². The van der Waals surface area contributed by atoms with Crippen molar-refractivity contribution >= 4 is 6.08 Å². The summed E-state index contributed by atoms with van der Waals surface area (Å²) in [7, 11) is 0. The second-order valence-electron chi connectivity index (χ2n) is 5.21. The van der Waals surface area contributed by atoms with Gasteiger partial charge in [0.05, 0.1) is 5.41 Å². The van der Waals surface area contributed by atoms with Crippen LogP contribution in [0.5, 0.6) is 0 Å². The van der Waals surface area contributed by atoms with E-state index >= 15 is 0 Å². The third-order valence-corrected chi connectivity index (χ3v) is 4.51. The molecule has 0 fully saturated rings. The third kappa shape index (κ3) is 1.31. The molecule has 2 aliphatic rings. The molecule has 0 aromatic heterocycles. The van der Waals surface area contributed by atoms with Crippen molar-refractivity contribution in [2.24, 2.45) is 0 Å². The predicted molar refractivity (Wildman–Crippen MR) is 87.5 cm³/mol. The second kappa shape index (κ2) is 4.35. The summed E-state index contributed by atoms with van der Waals surface area (Å²) in [6.07, 6.45) is 10.3. The lowest BCUT2D eigenvalue weighted by Crippen LogP contribution is -2.23. The molecule has 1 atom stereocenters. The average Bonchev–Trinajstić information content (AvgIpc) is 2.98. The highest BCUT2D eigenvalue weighted by Gasteiger charge is 2.44. The van der Waals surface area contributed by atoms with Gasteiger partial charge in [0.15, 0.2) is 0 Å². The normalized spacial score (nSPS) is 23.4. The van der Waals surface area contributed by atoms with Crippen LogP contribution in [0.2, 0.25) is 0 Å². The zero-order valence-electron chi connectivity index (χ0n) is 11.8. The van der Waals surface area contributed by atoms with Crippen molar-refractivity contribution in [1.82, 2.24) is 0 Å². The van der Waals surface area contributed by atoms with Crippen LogP contribution in [0.15, 0.2) is 90.6 Å². The molecule has 1 unspecified atom stereocenters. The number of hydrogen-bond acceptors (Lipinski definition) is 0. The van der Waals surface area contributed by atoms with Crippen molar-refractivity contribution in [1.29, 1.82) is 0 Å². The van der Waals surface area contributed by atoms with Crippen LogP contribution in [0.4, 0.5) is 0 Å². The van der Waals surface area contributed by atoms with E-state index in [2.05, 4.69) is 63.1 Å². The van der Waals surface area contributed by atoms with E-state index in [0.29, 0.717) is 0 Å². The fourth-order valence-electron chi connectivity index (χ4n) is 3.60. The van der Waals surface area contributed by atoms with Crippen LogP contribution in [0.25, 0.3) is 6.08 Å². The first-order chi connectivity index (χ1) is 9.70. The van der Waals surface area contributed by atoms with Gasteiger partial charge in [-0.3, -0.25) is 0 Å². The smallest absolute Gasteiger partial charge is 0.0613 e. The molecule has 0 bridgehead atoms. The van der Waals surface area contributed by atoms with Crippen molar-refractivity contribution in [2.45, 2.75) is 12.3 Å². The summed E-state index contributed by atoms with van der Waals surface area (Å²) in [5.41, 5.74) is 7.25. The Morgan fingerprint density at radius 1 is 0.950 bits per heavy atom. The molecule has 0 amide bonds. The highest BCUT2D eigenvalue weighted by Crippen LogP contribution is 2.54. The maximum Gasteiger partial charge on any atom is 0.0613 e. The highest BCUT2D eigenvalue weighted by molar-refractivity contribution is 5.79. The summed E-state index contributed by atoms with van der Waals surface area (Å²) < 4.78 is 0. The van der Waals surface area contributed by atoms with Gasteiger partial charge in [0.2, 0.25) is 0 Å².